The summed E-state index contributed by atoms with van der Waals surface area (Å²) in [4.78, 5) is 53.6. The number of aromatic amines is 1. The number of amides is 1. The molecule has 0 atom stereocenters. The molecule has 1 aliphatic heterocycles. The van der Waals surface area contributed by atoms with Crippen molar-refractivity contribution in [2.45, 2.75) is 33.6 Å². The van der Waals surface area contributed by atoms with Crippen molar-refractivity contribution in [2.24, 2.45) is 5.41 Å². The molecular weight excluding hydrogens is 410 g/mol. The Kier molecular flexibility index (Phi) is 4.61. The number of pyridine rings is 1. The predicted octanol–water partition coefficient (Wildman–Crippen LogP) is 1.24. The number of piperazine rings is 1. The first-order valence-corrected chi connectivity index (χ1v) is 10.7. The molecule has 166 valence electrons. The molecule has 4 heterocycles. The minimum atomic E-state index is -0.434. The zero-order valence-corrected chi connectivity index (χ0v) is 18.4. The highest BCUT2D eigenvalue weighted by Crippen LogP contribution is 2.33. The molecule has 10 nitrogen and oxygen atoms in total. The largest absolute Gasteiger partial charge is 0.353 e. The van der Waals surface area contributed by atoms with E-state index in [1.54, 1.807) is 9.42 Å². The number of rotatable bonds is 2. The van der Waals surface area contributed by atoms with Crippen LogP contribution in [0.15, 0.2) is 23.3 Å². The van der Waals surface area contributed by atoms with Crippen LogP contribution >= 0.6 is 0 Å². The molecule has 1 N–H and O–H groups in total. The molecular formula is C22H25N7O3. The first-order valence-electron chi connectivity index (χ1n) is 10.7. The van der Waals surface area contributed by atoms with E-state index in [-0.39, 0.29) is 22.7 Å². The van der Waals surface area contributed by atoms with Gasteiger partial charge in [-0.2, -0.15) is 14.6 Å². The molecule has 10 heteroatoms. The fraction of sp³-hybridized carbons (Fsp3) is 0.455. The third-order valence-corrected chi connectivity index (χ3v) is 6.20. The Hall–Kier alpha value is -3.56. The van der Waals surface area contributed by atoms with Crippen molar-refractivity contribution >= 4 is 23.3 Å². The van der Waals surface area contributed by atoms with Crippen LogP contribution in [0.3, 0.4) is 0 Å². The van der Waals surface area contributed by atoms with Crippen molar-refractivity contribution in [2.75, 3.05) is 31.1 Å². The van der Waals surface area contributed by atoms with Crippen LogP contribution in [0, 0.1) is 12.3 Å². The van der Waals surface area contributed by atoms with Gasteiger partial charge in [0.15, 0.2) is 5.78 Å². The van der Waals surface area contributed by atoms with Crippen molar-refractivity contribution in [3.05, 3.63) is 51.3 Å². The topological polar surface area (TPSA) is 117 Å². The smallest absolute Gasteiger partial charge is 0.261 e. The molecule has 0 bridgehead atoms. The van der Waals surface area contributed by atoms with Crippen LogP contribution in [-0.4, -0.2) is 67.3 Å². The minimum Gasteiger partial charge on any atom is -0.353 e. The van der Waals surface area contributed by atoms with Crippen LogP contribution in [0.4, 0.5) is 5.82 Å². The Morgan fingerprint density at radius 3 is 2.59 bits per heavy atom. The van der Waals surface area contributed by atoms with Gasteiger partial charge in [-0.15, -0.1) is 0 Å². The van der Waals surface area contributed by atoms with Crippen LogP contribution in [0.2, 0.25) is 0 Å². The number of anilines is 1. The Morgan fingerprint density at radius 2 is 1.84 bits per heavy atom. The zero-order chi connectivity index (χ0) is 22.6. The maximum absolute atomic E-state index is 13.1. The zero-order valence-electron chi connectivity index (χ0n) is 18.4. The number of aryl methyl sites for hydroxylation is 1. The Labute approximate surface area is 184 Å². The van der Waals surface area contributed by atoms with Gasteiger partial charge >= 0.3 is 0 Å². The summed E-state index contributed by atoms with van der Waals surface area (Å²) in [5.41, 5.74) is 1.33. The highest BCUT2D eigenvalue weighted by Gasteiger charge is 2.33. The number of fused-ring (bicyclic) bond motifs is 2. The van der Waals surface area contributed by atoms with E-state index in [9.17, 15) is 14.4 Å². The van der Waals surface area contributed by atoms with Gasteiger partial charge < -0.3 is 14.8 Å². The van der Waals surface area contributed by atoms with Gasteiger partial charge in [-0.1, -0.05) is 13.8 Å². The quantitative estimate of drug-likeness (QED) is 0.644. The van der Waals surface area contributed by atoms with Crippen LogP contribution < -0.4 is 10.5 Å². The molecule has 0 saturated carbocycles. The predicted molar refractivity (Wildman–Crippen MR) is 117 cm³/mol. The average Bonchev–Trinajstić information content (AvgIpc) is 3.20. The van der Waals surface area contributed by atoms with E-state index in [4.69, 9.17) is 0 Å². The van der Waals surface area contributed by atoms with Crippen LogP contribution in [0.1, 0.15) is 52.4 Å². The summed E-state index contributed by atoms with van der Waals surface area (Å²) in [7, 11) is 0. The summed E-state index contributed by atoms with van der Waals surface area (Å²) < 4.78 is 1.69. The number of H-pyrrole nitrogens is 1. The average molecular weight is 435 g/mol. The number of carbonyl (C=O) groups is 2. The summed E-state index contributed by atoms with van der Waals surface area (Å²) in [6.07, 6.45) is 2.48. The molecule has 1 saturated heterocycles. The second-order valence-electron chi connectivity index (χ2n) is 9.35. The van der Waals surface area contributed by atoms with Gasteiger partial charge in [0.05, 0.1) is 0 Å². The van der Waals surface area contributed by atoms with Crippen LogP contribution in [0.5, 0.6) is 0 Å². The Balaban J connectivity index is 1.36. The molecule has 1 amide bonds. The first-order chi connectivity index (χ1) is 15.2. The summed E-state index contributed by atoms with van der Waals surface area (Å²) in [5, 5.41) is 4.25. The molecule has 3 aromatic heterocycles. The normalized spacial score (nSPS) is 18.2. The molecule has 1 aliphatic carbocycles. The number of Topliss-reactive ketones (excluding diaryl/α,β-unsaturated/α-hetero) is 1. The molecule has 0 spiro atoms. The van der Waals surface area contributed by atoms with Gasteiger partial charge in [-0.05, 0) is 24.8 Å². The van der Waals surface area contributed by atoms with Gasteiger partial charge in [-0.25, -0.2) is 4.98 Å². The fourth-order valence-corrected chi connectivity index (χ4v) is 4.63. The lowest BCUT2D eigenvalue weighted by atomic mass is 9.75. The van der Waals surface area contributed by atoms with Gasteiger partial charge in [0.2, 0.25) is 0 Å². The molecule has 0 aromatic carbocycles. The maximum atomic E-state index is 13.1. The van der Waals surface area contributed by atoms with E-state index in [1.165, 1.54) is 12.4 Å². The number of aromatic nitrogens is 5. The summed E-state index contributed by atoms with van der Waals surface area (Å²) in [6.45, 7) is 7.98. The summed E-state index contributed by atoms with van der Waals surface area (Å²) >= 11 is 0. The van der Waals surface area contributed by atoms with Gasteiger partial charge in [0.25, 0.3) is 17.2 Å². The van der Waals surface area contributed by atoms with E-state index in [1.807, 2.05) is 26.8 Å². The lowest BCUT2D eigenvalue weighted by Crippen LogP contribution is -2.50. The molecule has 5 rings (SSSR count). The van der Waals surface area contributed by atoms with Crippen molar-refractivity contribution < 1.29 is 9.59 Å². The third kappa shape index (κ3) is 3.45. The molecule has 2 aliphatic rings. The van der Waals surface area contributed by atoms with Crippen molar-refractivity contribution in [3.63, 3.8) is 0 Å². The molecule has 3 aromatic rings. The van der Waals surface area contributed by atoms with Gasteiger partial charge in [-0.3, -0.25) is 14.4 Å². The van der Waals surface area contributed by atoms with E-state index in [0.29, 0.717) is 56.1 Å². The van der Waals surface area contributed by atoms with E-state index in [0.717, 1.165) is 11.5 Å². The molecule has 32 heavy (non-hydrogen) atoms. The maximum Gasteiger partial charge on any atom is 0.261 e. The monoisotopic (exact) mass is 435 g/mol. The first kappa shape index (κ1) is 20.3. The van der Waals surface area contributed by atoms with E-state index < -0.39 is 5.56 Å². The number of carbonyl (C=O) groups excluding carboxylic acids is 2. The Bertz CT molecular complexity index is 1300. The number of hydrogen-bond acceptors (Lipinski definition) is 7. The van der Waals surface area contributed by atoms with E-state index in [2.05, 4.69) is 25.0 Å². The number of nitrogens with one attached hydrogen (secondary N) is 1. The number of nitrogens with zero attached hydrogens (tertiary/aromatic N) is 6. The SMILES string of the molecule is Cc1cc(N2CCN(C(=O)c3cc4c([nH]c3=O)CC(C)(C)CC4=O)CC2)n2ncnc2n1. The van der Waals surface area contributed by atoms with Crippen molar-refractivity contribution in [1.29, 1.82) is 0 Å². The highest BCUT2D eigenvalue weighted by molar-refractivity contribution is 6.02. The number of ketones is 1. The van der Waals surface area contributed by atoms with Crippen LogP contribution in [-0.2, 0) is 6.42 Å². The molecule has 1 fully saturated rings. The second-order valence-corrected chi connectivity index (χ2v) is 9.35. The van der Waals surface area contributed by atoms with Gasteiger partial charge in [0, 0.05) is 55.6 Å². The lowest BCUT2D eigenvalue weighted by molar-refractivity contribution is 0.0744. The number of hydrogen-bond donors (Lipinski definition) is 1. The van der Waals surface area contributed by atoms with Gasteiger partial charge in [0.1, 0.15) is 17.7 Å². The van der Waals surface area contributed by atoms with Crippen LogP contribution in [0.25, 0.3) is 5.78 Å². The minimum absolute atomic E-state index is 0.0312. The Morgan fingerprint density at radius 1 is 1.09 bits per heavy atom. The van der Waals surface area contributed by atoms with Crippen molar-refractivity contribution in [1.82, 2.24) is 29.5 Å². The fourth-order valence-electron chi connectivity index (χ4n) is 4.63. The summed E-state index contributed by atoms with van der Waals surface area (Å²) in [5.74, 6) is 1.03. The molecule has 0 radical (unpaired) electrons. The standard InChI is InChI=1S/C22H25N7O3/c1-13-8-18(29-21(25-13)23-12-24-29)27-4-6-28(7-5-27)20(32)15-9-14-16(26-19(15)31)10-22(2,3)11-17(14)30/h8-9,12H,4-7,10-11H2,1-3H3,(H,26,31). The lowest BCUT2D eigenvalue weighted by Gasteiger charge is -2.36. The second kappa shape index (κ2) is 7.25. The highest BCUT2D eigenvalue weighted by atomic mass is 16.2. The summed E-state index contributed by atoms with van der Waals surface area (Å²) in [6, 6.07) is 3.44. The van der Waals surface area contributed by atoms with E-state index >= 15 is 0 Å². The molecule has 0 unspecified atom stereocenters. The van der Waals surface area contributed by atoms with Crippen molar-refractivity contribution in [3.8, 4) is 0 Å². The third-order valence-electron chi connectivity index (χ3n) is 6.20.